The van der Waals surface area contributed by atoms with E-state index < -0.39 is 5.60 Å². The van der Waals surface area contributed by atoms with Crippen molar-refractivity contribution >= 4 is 39.6 Å². The topological polar surface area (TPSA) is 95.4 Å². The van der Waals surface area contributed by atoms with Gasteiger partial charge in [-0.3, -0.25) is 9.58 Å². The third-order valence-electron chi connectivity index (χ3n) is 6.05. The minimum atomic E-state index is -0.460. The van der Waals surface area contributed by atoms with Crippen LogP contribution in [0.25, 0.3) is 15.9 Å². The van der Waals surface area contributed by atoms with Crippen molar-refractivity contribution in [1.82, 2.24) is 34.5 Å². The first-order valence-electron chi connectivity index (χ1n) is 12.0. The Balaban J connectivity index is 1.16. The Morgan fingerprint density at radius 3 is 2.77 bits per heavy atom. The molecule has 2 aliphatic rings. The van der Waals surface area contributed by atoms with Crippen LogP contribution in [0, 0.1) is 0 Å². The third kappa shape index (κ3) is 5.62. The molecule has 2 aliphatic heterocycles. The van der Waals surface area contributed by atoms with Crippen molar-refractivity contribution in [3.05, 3.63) is 42.7 Å². The lowest BCUT2D eigenvalue weighted by molar-refractivity contribution is 0.0142. The summed E-state index contributed by atoms with van der Waals surface area (Å²) in [5.74, 6) is 1.90. The van der Waals surface area contributed by atoms with Gasteiger partial charge in [0.1, 0.15) is 23.4 Å². The van der Waals surface area contributed by atoms with Crippen molar-refractivity contribution in [2.45, 2.75) is 32.9 Å². The van der Waals surface area contributed by atoms with Crippen molar-refractivity contribution < 1.29 is 9.53 Å². The molecule has 0 aliphatic carbocycles. The first-order chi connectivity index (χ1) is 16.9. The molecule has 1 fully saturated rings. The summed E-state index contributed by atoms with van der Waals surface area (Å²) >= 11 is 1.84. The van der Waals surface area contributed by atoms with Gasteiger partial charge in [-0.2, -0.15) is 5.10 Å². The summed E-state index contributed by atoms with van der Waals surface area (Å²) in [6.45, 7) is 11.4. The molecule has 3 aromatic rings. The summed E-state index contributed by atoms with van der Waals surface area (Å²) < 4.78 is 7.49. The number of nitrogens with zero attached hydrogens (tertiary/aromatic N) is 7. The summed E-state index contributed by atoms with van der Waals surface area (Å²) in [7, 11) is 0. The fraction of sp³-hybridized carbons (Fsp3) is 0.500. The second-order valence-electron chi connectivity index (χ2n) is 9.77. The predicted molar refractivity (Wildman–Crippen MR) is 138 cm³/mol. The molecule has 5 rings (SSSR count). The summed E-state index contributed by atoms with van der Waals surface area (Å²) in [6.07, 6.45) is 9.50. The molecule has 0 unspecified atom stereocenters. The van der Waals surface area contributed by atoms with E-state index in [1.807, 2.05) is 55.7 Å². The highest BCUT2D eigenvalue weighted by Gasteiger charge is 2.26. The van der Waals surface area contributed by atoms with E-state index in [1.165, 1.54) is 4.91 Å². The van der Waals surface area contributed by atoms with Crippen LogP contribution in [0.1, 0.15) is 26.3 Å². The van der Waals surface area contributed by atoms with Crippen molar-refractivity contribution in [2.75, 3.05) is 49.9 Å². The molecular weight excluding hydrogens is 464 g/mol. The average molecular weight is 497 g/mol. The molecule has 1 amide bonds. The molecule has 3 aromatic heterocycles. The highest BCUT2D eigenvalue weighted by atomic mass is 32.2. The van der Waals surface area contributed by atoms with Crippen LogP contribution in [0.5, 0.6) is 0 Å². The predicted octanol–water partition coefficient (Wildman–Crippen LogP) is 3.26. The number of amides is 1. The van der Waals surface area contributed by atoms with Crippen LogP contribution in [0.15, 0.2) is 37.2 Å². The van der Waals surface area contributed by atoms with E-state index in [0.29, 0.717) is 13.1 Å². The maximum absolute atomic E-state index is 12.3. The molecule has 186 valence electrons. The number of aromatic amines is 1. The molecule has 1 N–H and O–H groups in total. The molecule has 0 bridgehead atoms. The highest BCUT2D eigenvalue weighted by molar-refractivity contribution is 8.08. The quantitative estimate of drug-likeness (QED) is 0.575. The van der Waals surface area contributed by atoms with Crippen LogP contribution in [-0.2, 0) is 11.3 Å². The third-order valence-corrected chi connectivity index (χ3v) is 7.09. The van der Waals surface area contributed by atoms with Gasteiger partial charge in [0.15, 0.2) is 0 Å². The van der Waals surface area contributed by atoms with Crippen molar-refractivity contribution in [3.8, 4) is 0 Å². The van der Waals surface area contributed by atoms with Crippen LogP contribution >= 0.6 is 11.8 Å². The number of anilines is 1. The van der Waals surface area contributed by atoms with Crippen LogP contribution < -0.4 is 4.90 Å². The van der Waals surface area contributed by atoms with Gasteiger partial charge in [-0.15, -0.1) is 11.8 Å². The molecule has 0 spiro atoms. The van der Waals surface area contributed by atoms with Gasteiger partial charge >= 0.3 is 6.09 Å². The number of aromatic nitrogens is 5. The number of rotatable bonds is 5. The van der Waals surface area contributed by atoms with Crippen molar-refractivity contribution in [2.24, 2.45) is 0 Å². The zero-order chi connectivity index (χ0) is 24.4. The Morgan fingerprint density at radius 1 is 1.14 bits per heavy atom. The van der Waals surface area contributed by atoms with Gasteiger partial charge in [0.25, 0.3) is 0 Å². The normalized spacial score (nSPS) is 17.6. The standard InChI is InChI=1S/C24H32N8O2S/c1-24(2,3)34-23(33)30-9-6-29(7-10-30)8-11-32-15-18(14-28-32)20-16-31(12-13-35-20)22-19-4-5-25-21(19)26-17-27-22/h4-5,14-17H,6-13H2,1-3H3,(H,25,26,27). The van der Waals surface area contributed by atoms with Crippen LogP contribution in [0.4, 0.5) is 10.6 Å². The monoisotopic (exact) mass is 496 g/mol. The fourth-order valence-electron chi connectivity index (χ4n) is 4.25. The lowest BCUT2D eigenvalue weighted by Gasteiger charge is -2.35. The summed E-state index contributed by atoms with van der Waals surface area (Å²) in [5, 5.41) is 5.63. The van der Waals surface area contributed by atoms with Gasteiger partial charge < -0.3 is 19.5 Å². The van der Waals surface area contributed by atoms with E-state index in [2.05, 4.69) is 42.2 Å². The van der Waals surface area contributed by atoms with E-state index in [0.717, 1.165) is 60.9 Å². The summed E-state index contributed by atoms with van der Waals surface area (Å²) in [4.78, 5) is 31.8. The highest BCUT2D eigenvalue weighted by Crippen LogP contribution is 2.34. The van der Waals surface area contributed by atoms with Crippen molar-refractivity contribution in [3.63, 3.8) is 0 Å². The van der Waals surface area contributed by atoms with E-state index >= 15 is 0 Å². The number of thioether (sulfide) groups is 1. The SMILES string of the molecule is CC(C)(C)OC(=O)N1CCN(CCn2cc(C3=CN(c4ncnc5[nH]ccc45)CCS3)cn2)CC1. The van der Waals surface area contributed by atoms with Crippen LogP contribution in [-0.4, -0.2) is 91.2 Å². The Hall–Kier alpha value is -3.05. The van der Waals surface area contributed by atoms with E-state index in [4.69, 9.17) is 4.74 Å². The average Bonchev–Trinajstić information content (AvgIpc) is 3.52. The Labute approximate surface area is 209 Å². The maximum atomic E-state index is 12.3. The number of hydrogen-bond acceptors (Lipinski definition) is 8. The second kappa shape index (κ2) is 9.90. The number of fused-ring (bicyclic) bond motifs is 1. The molecule has 35 heavy (non-hydrogen) atoms. The number of hydrogen-bond donors (Lipinski definition) is 1. The summed E-state index contributed by atoms with van der Waals surface area (Å²) in [6, 6.07) is 2.02. The zero-order valence-corrected chi connectivity index (χ0v) is 21.3. The van der Waals surface area contributed by atoms with Crippen LogP contribution in [0.3, 0.4) is 0 Å². The molecule has 0 saturated carbocycles. The van der Waals surface area contributed by atoms with E-state index in [-0.39, 0.29) is 6.09 Å². The first-order valence-corrected chi connectivity index (χ1v) is 13.0. The number of H-pyrrole nitrogens is 1. The molecule has 0 radical (unpaired) electrons. The Kier molecular flexibility index (Phi) is 6.70. The van der Waals surface area contributed by atoms with Crippen molar-refractivity contribution in [1.29, 1.82) is 0 Å². The van der Waals surface area contributed by atoms with Gasteiger partial charge in [-0.05, 0) is 26.8 Å². The van der Waals surface area contributed by atoms with Gasteiger partial charge in [0, 0.05) is 74.1 Å². The summed E-state index contributed by atoms with van der Waals surface area (Å²) in [5.41, 5.74) is 1.51. The molecule has 11 heteroatoms. The van der Waals surface area contributed by atoms with Gasteiger partial charge in [-0.25, -0.2) is 14.8 Å². The van der Waals surface area contributed by atoms with Gasteiger partial charge in [0.2, 0.25) is 0 Å². The van der Waals surface area contributed by atoms with E-state index in [1.54, 1.807) is 11.2 Å². The molecule has 1 saturated heterocycles. The molecule has 0 atom stereocenters. The number of nitrogens with one attached hydrogen (secondary N) is 1. The van der Waals surface area contributed by atoms with Crippen LogP contribution in [0.2, 0.25) is 0 Å². The minimum Gasteiger partial charge on any atom is -0.444 e. The minimum absolute atomic E-state index is 0.222. The molecular formula is C24H32N8O2S. The largest absolute Gasteiger partial charge is 0.444 e. The second-order valence-corrected chi connectivity index (χ2v) is 10.9. The number of carbonyl (C=O) groups excluding carboxylic acids is 1. The molecule has 10 nitrogen and oxygen atoms in total. The van der Waals surface area contributed by atoms with E-state index in [9.17, 15) is 4.79 Å². The first kappa shape index (κ1) is 23.7. The zero-order valence-electron chi connectivity index (χ0n) is 20.5. The number of carbonyl (C=O) groups is 1. The Morgan fingerprint density at radius 2 is 1.97 bits per heavy atom. The molecule has 5 heterocycles. The van der Waals surface area contributed by atoms with Gasteiger partial charge in [0.05, 0.1) is 18.1 Å². The fourth-order valence-corrected chi connectivity index (χ4v) is 5.23. The lowest BCUT2D eigenvalue weighted by Crippen LogP contribution is -2.50. The lowest BCUT2D eigenvalue weighted by atomic mass is 10.2. The number of piperazine rings is 1. The maximum Gasteiger partial charge on any atom is 0.410 e. The number of ether oxygens (including phenoxy) is 1. The smallest absolute Gasteiger partial charge is 0.410 e. The molecule has 0 aromatic carbocycles. The van der Waals surface area contributed by atoms with Gasteiger partial charge in [-0.1, -0.05) is 0 Å². The Bertz CT molecular complexity index is 1210.